The molecule has 0 aliphatic carbocycles. The second-order valence-corrected chi connectivity index (χ2v) is 2.20. The smallest absolute Gasteiger partial charge is 0 e. The summed E-state index contributed by atoms with van der Waals surface area (Å²) in [4.78, 5) is 0. The SMILES string of the molecule is CC.CCC.CCCCCN.[HH]. The molecule has 0 saturated carbocycles. The van der Waals surface area contributed by atoms with Crippen molar-refractivity contribution in [3.05, 3.63) is 0 Å². The lowest BCUT2D eigenvalue weighted by atomic mass is 10.3. The maximum atomic E-state index is 5.21. The zero-order chi connectivity index (χ0) is 9.54. The summed E-state index contributed by atoms with van der Waals surface area (Å²) in [6.45, 7) is 11.3. The summed E-state index contributed by atoms with van der Waals surface area (Å²) in [5.41, 5.74) is 5.21. The molecule has 0 atom stereocenters. The highest BCUT2D eigenvalue weighted by molar-refractivity contribution is 4.34. The Morgan fingerprint density at radius 2 is 1.36 bits per heavy atom. The molecule has 0 bridgehead atoms. The van der Waals surface area contributed by atoms with Crippen LogP contribution in [-0.4, -0.2) is 6.54 Å². The fraction of sp³-hybridized carbons (Fsp3) is 1.00. The van der Waals surface area contributed by atoms with Gasteiger partial charge in [-0.3, -0.25) is 0 Å². The molecule has 0 radical (unpaired) electrons. The maximum Gasteiger partial charge on any atom is 0 e. The number of nitrogens with two attached hydrogens (primary N) is 1. The first-order valence-corrected chi connectivity index (χ1v) is 5.03. The number of hydrogen-bond acceptors (Lipinski definition) is 1. The summed E-state index contributed by atoms with van der Waals surface area (Å²) in [5, 5.41) is 0. The van der Waals surface area contributed by atoms with Crippen LogP contribution in [0.5, 0.6) is 0 Å². The number of unbranched alkanes of at least 4 members (excludes halogenated alkanes) is 2. The summed E-state index contributed by atoms with van der Waals surface area (Å²) in [6.07, 6.45) is 5.00. The topological polar surface area (TPSA) is 26.0 Å². The van der Waals surface area contributed by atoms with E-state index in [9.17, 15) is 0 Å². The van der Waals surface area contributed by atoms with Crippen molar-refractivity contribution in [1.29, 1.82) is 0 Å². The van der Waals surface area contributed by atoms with Gasteiger partial charge in [0.25, 0.3) is 0 Å². The van der Waals surface area contributed by atoms with Gasteiger partial charge in [-0.2, -0.15) is 0 Å². The molecule has 11 heavy (non-hydrogen) atoms. The van der Waals surface area contributed by atoms with E-state index in [0.717, 1.165) is 6.54 Å². The summed E-state index contributed by atoms with van der Waals surface area (Å²) in [6, 6.07) is 0. The number of rotatable bonds is 3. The van der Waals surface area contributed by atoms with E-state index in [2.05, 4.69) is 20.8 Å². The van der Waals surface area contributed by atoms with Crippen molar-refractivity contribution in [2.24, 2.45) is 5.73 Å². The van der Waals surface area contributed by atoms with Gasteiger partial charge in [-0.05, 0) is 13.0 Å². The number of hydrogen-bond donors (Lipinski definition) is 1. The lowest BCUT2D eigenvalue weighted by Crippen LogP contribution is -1.96. The van der Waals surface area contributed by atoms with E-state index in [1.54, 1.807) is 0 Å². The van der Waals surface area contributed by atoms with Crippen LogP contribution < -0.4 is 5.73 Å². The predicted octanol–water partition coefficient (Wildman–Crippen LogP) is 3.82. The first kappa shape index (κ1) is 17.2. The highest BCUT2D eigenvalue weighted by atomic mass is 14.5. The summed E-state index contributed by atoms with van der Waals surface area (Å²) < 4.78 is 0. The molecule has 74 valence electrons. The van der Waals surface area contributed by atoms with Gasteiger partial charge in [-0.25, -0.2) is 0 Å². The van der Waals surface area contributed by atoms with Crippen LogP contribution in [0.3, 0.4) is 0 Å². The van der Waals surface area contributed by atoms with Gasteiger partial charge in [0.1, 0.15) is 0 Å². The van der Waals surface area contributed by atoms with Crippen LogP contribution in [0.2, 0.25) is 0 Å². The average molecular weight is 163 g/mol. The molecule has 0 saturated heterocycles. The predicted molar refractivity (Wildman–Crippen MR) is 58.0 cm³/mol. The van der Waals surface area contributed by atoms with Crippen molar-refractivity contribution >= 4 is 0 Å². The Bertz CT molecular complexity index is 29.0. The highest BCUT2D eigenvalue weighted by Gasteiger charge is 1.75. The minimum Gasteiger partial charge on any atom is -0.330 e. The summed E-state index contributed by atoms with van der Waals surface area (Å²) >= 11 is 0. The van der Waals surface area contributed by atoms with Crippen molar-refractivity contribution in [2.75, 3.05) is 6.54 Å². The molecule has 0 aromatic heterocycles. The molecule has 0 spiro atoms. The van der Waals surface area contributed by atoms with Gasteiger partial charge in [0.2, 0.25) is 0 Å². The second kappa shape index (κ2) is 32.5. The van der Waals surface area contributed by atoms with Crippen molar-refractivity contribution in [1.82, 2.24) is 0 Å². The molecule has 0 heterocycles. The zero-order valence-electron chi connectivity index (χ0n) is 9.11. The van der Waals surface area contributed by atoms with E-state index in [-0.39, 0.29) is 1.43 Å². The minimum atomic E-state index is 0. The van der Waals surface area contributed by atoms with E-state index in [1.165, 1.54) is 25.7 Å². The van der Waals surface area contributed by atoms with Crippen LogP contribution >= 0.6 is 0 Å². The van der Waals surface area contributed by atoms with E-state index in [4.69, 9.17) is 5.73 Å². The molecule has 0 amide bonds. The highest BCUT2D eigenvalue weighted by Crippen LogP contribution is 1.88. The molecule has 0 aliphatic heterocycles. The van der Waals surface area contributed by atoms with Gasteiger partial charge in [0.15, 0.2) is 0 Å². The molecule has 0 rings (SSSR count). The van der Waals surface area contributed by atoms with Crippen molar-refractivity contribution in [3.8, 4) is 0 Å². The minimum absolute atomic E-state index is 0. The second-order valence-electron chi connectivity index (χ2n) is 2.20. The first-order chi connectivity index (χ1) is 5.33. The lowest BCUT2D eigenvalue weighted by Gasteiger charge is -1.86. The Labute approximate surface area is 74.9 Å². The van der Waals surface area contributed by atoms with E-state index in [1.807, 2.05) is 13.8 Å². The molecule has 0 unspecified atom stereocenters. The van der Waals surface area contributed by atoms with Gasteiger partial charge in [0, 0.05) is 1.43 Å². The monoisotopic (exact) mass is 163 g/mol. The third-order valence-electron chi connectivity index (χ3n) is 0.808. The van der Waals surface area contributed by atoms with Gasteiger partial charge in [0.05, 0.1) is 0 Å². The van der Waals surface area contributed by atoms with E-state index < -0.39 is 0 Å². The van der Waals surface area contributed by atoms with Crippen molar-refractivity contribution in [3.63, 3.8) is 0 Å². The molecule has 1 nitrogen and oxygen atoms in total. The average Bonchev–Trinajstić information content (AvgIpc) is 2.06. The molecule has 1 heteroatoms. The maximum absolute atomic E-state index is 5.21. The molecule has 0 aromatic carbocycles. The van der Waals surface area contributed by atoms with Crippen molar-refractivity contribution < 1.29 is 1.43 Å². The van der Waals surface area contributed by atoms with Crippen LogP contribution in [0, 0.1) is 0 Å². The van der Waals surface area contributed by atoms with Gasteiger partial charge >= 0.3 is 0 Å². The van der Waals surface area contributed by atoms with E-state index >= 15 is 0 Å². The summed E-state index contributed by atoms with van der Waals surface area (Å²) in [5.74, 6) is 0. The largest absolute Gasteiger partial charge is 0.330 e. The van der Waals surface area contributed by atoms with Crippen LogP contribution in [0.4, 0.5) is 0 Å². The fourth-order valence-electron chi connectivity index (χ4n) is 0.394. The third-order valence-corrected chi connectivity index (χ3v) is 0.808. The first-order valence-electron chi connectivity index (χ1n) is 5.03. The fourth-order valence-corrected chi connectivity index (χ4v) is 0.394. The Balaban J connectivity index is -0.0000000462. The van der Waals surface area contributed by atoms with Crippen LogP contribution in [0.15, 0.2) is 0 Å². The van der Waals surface area contributed by atoms with Crippen LogP contribution in [0.1, 0.15) is 61.7 Å². The zero-order valence-corrected chi connectivity index (χ0v) is 9.11. The quantitative estimate of drug-likeness (QED) is 0.629. The Morgan fingerprint density at radius 3 is 1.45 bits per heavy atom. The van der Waals surface area contributed by atoms with Crippen LogP contribution in [0.25, 0.3) is 0 Å². The molecule has 0 aliphatic rings. The Morgan fingerprint density at radius 1 is 1.00 bits per heavy atom. The molecular formula is C10H29N. The third kappa shape index (κ3) is 72.0. The molecule has 0 fully saturated rings. The van der Waals surface area contributed by atoms with E-state index in [0.29, 0.717) is 0 Å². The molecule has 2 N–H and O–H groups in total. The summed E-state index contributed by atoms with van der Waals surface area (Å²) in [7, 11) is 0. The normalized spacial score (nSPS) is 7.09. The lowest BCUT2D eigenvalue weighted by molar-refractivity contribution is 0.727. The molecular weight excluding hydrogens is 134 g/mol. The standard InChI is InChI=1S/C5H13N.C3H8.C2H6.H2/c1-2-3-4-5-6;1-3-2;1-2;/h2-6H2,1H3;3H2,1-2H3;1-2H3;1H. The Hall–Kier alpha value is -0.0400. The van der Waals surface area contributed by atoms with Crippen LogP contribution in [-0.2, 0) is 0 Å². The Kier molecular flexibility index (Phi) is 50.7. The van der Waals surface area contributed by atoms with Gasteiger partial charge in [-0.15, -0.1) is 0 Å². The van der Waals surface area contributed by atoms with Gasteiger partial charge in [-0.1, -0.05) is 53.9 Å². The van der Waals surface area contributed by atoms with Crippen molar-refractivity contribution in [2.45, 2.75) is 60.3 Å². The molecule has 0 aromatic rings. The van der Waals surface area contributed by atoms with Gasteiger partial charge < -0.3 is 5.73 Å².